The maximum absolute atomic E-state index is 12.1. The number of piperidine rings is 2. The van der Waals surface area contributed by atoms with Gasteiger partial charge in [0, 0.05) is 24.7 Å². The first-order valence-corrected chi connectivity index (χ1v) is 7.58. The Morgan fingerprint density at radius 3 is 2.61 bits per heavy atom. The zero-order chi connectivity index (χ0) is 12.5. The summed E-state index contributed by atoms with van der Waals surface area (Å²) in [4.78, 5) is 14.6. The monoisotopic (exact) mass is 251 g/mol. The largest absolute Gasteiger partial charge is 0.355 e. The minimum absolute atomic E-state index is 0.166. The summed E-state index contributed by atoms with van der Waals surface area (Å²) in [6.45, 7) is 4.12. The van der Waals surface area contributed by atoms with E-state index in [9.17, 15) is 4.79 Å². The molecule has 3 aliphatic rings. The molecular formula is C14H25N3O. The van der Waals surface area contributed by atoms with Crippen molar-refractivity contribution in [3.05, 3.63) is 0 Å². The van der Waals surface area contributed by atoms with Gasteiger partial charge in [0.05, 0.1) is 6.04 Å². The molecule has 3 saturated heterocycles. The van der Waals surface area contributed by atoms with Crippen LogP contribution in [0.2, 0.25) is 0 Å². The number of carbonyl (C=O) groups is 1. The maximum Gasteiger partial charge on any atom is 0.237 e. The van der Waals surface area contributed by atoms with Crippen molar-refractivity contribution in [3.8, 4) is 0 Å². The third-order valence-electron chi connectivity index (χ3n) is 4.90. The zero-order valence-corrected chi connectivity index (χ0v) is 11.3. The van der Waals surface area contributed by atoms with Crippen LogP contribution >= 0.6 is 0 Å². The molecule has 2 N–H and O–H groups in total. The van der Waals surface area contributed by atoms with E-state index in [1.807, 2.05) is 0 Å². The fraction of sp³-hybridized carbons (Fsp3) is 0.929. The van der Waals surface area contributed by atoms with Crippen LogP contribution in [-0.2, 0) is 4.79 Å². The van der Waals surface area contributed by atoms with Gasteiger partial charge in [-0.25, -0.2) is 0 Å². The van der Waals surface area contributed by atoms with Crippen LogP contribution in [0.3, 0.4) is 0 Å². The Bertz CT molecular complexity index is 306. The fourth-order valence-electron chi connectivity index (χ4n) is 4.22. The average Bonchev–Trinajstić information content (AvgIpc) is 2.62. The molecule has 0 aromatic heterocycles. The first-order valence-electron chi connectivity index (χ1n) is 7.58. The summed E-state index contributed by atoms with van der Waals surface area (Å²) in [6, 6.07) is 2.12. The summed E-state index contributed by atoms with van der Waals surface area (Å²) in [5, 5.41) is 6.63. The molecule has 0 spiro atoms. The molecule has 18 heavy (non-hydrogen) atoms. The van der Waals surface area contributed by atoms with Crippen LogP contribution in [-0.4, -0.2) is 48.1 Å². The minimum atomic E-state index is 0.166. The Balaban J connectivity index is 1.69. The Kier molecular flexibility index (Phi) is 3.57. The molecular weight excluding hydrogens is 226 g/mol. The summed E-state index contributed by atoms with van der Waals surface area (Å²) < 4.78 is 0. The number of carbonyl (C=O) groups excluding carboxylic acids is 1. The van der Waals surface area contributed by atoms with E-state index < -0.39 is 0 Å². The number of fused-ring (bicyclic) bond motifs is 2. The number of amides is 1. The van der Waals surface area contributed by atoms with Gasteiger partial charge >= 0.3 is 0 Å². The minimum Gasteiger partial charge on any atom is -0.355 e. The smallest absolute Gasteiger partial charge is 0.237 e. The van der Waals surface area contributed by atoms with E-state index >= 15 is 0 Å². The van der Waals surface area contributed by atoms with E-state index in [1.54, 1.807) is 0 Å². The predicted molar refractivity (Wildman–Crippen MR) is 71.4 cm³/mol. The first-order chi connectivity index (χ1) is 8.79. The highest BCUT2D eigenvalue weighted by atomic mass is 16.2. The second kappa shape index (κ2) is 5.17. The molecule has 0 aromatic rings. The fourth-order valence-corrected chi connectivity index (χ4v) is 4.22. The predicted octanol–water partition coefficient (Wildman–Crippen LogP) is 0.870. The molecule has 3 heterocycles. The number of nitrogens with zero attached hydrogens (tertiary/aromatic N) is 1. The van der Waals surface area contributed by atoms with Gasteiger partial charge < -0.3 is 10.6 Å². The number of rotatable bonds is 3. The Hall–Kier alpha value is -0.610. The number of hydrogen-bond acceptors (Lipinski definition) is 3. The molecule has 0 aromatic carbocycles. The lowest BCUT2D eigenvalue weighted by molar-refractivity contribution is -0.130. The third kappa shape index (κ3) is 2.16. The molecule has 0 aliphatic carbocycles. The van der Waals surface area contributed by atoms with Gasteiger partial charge in [0.2, 0.25) is 5.91 Å². The van der Waals surface area contributed by atoms with Crippen LogP contribution in [0.25, 0.3) is 0 Å². The van der Waals surface area contributed by atoms with Crippen LogP contribution in [0.5, 0.6) is 0 Å². The molecule has 3 fully saturated rings. The quantitative estimate of drug-likeness (QED) is 0.782. The molecule has 1 amide bonds. The highest BCUT2D eigenvalue weighted by Crippen LogP contribution is 2.38. The first kappa shape index (κ1) is 12.4. The Morgan fingerprint density at radius 1 is 1.28 bits per heavy atom. The molecule has 3 rings (SSSR count). The van der Waals surface area contributed by atoms with Crippen molar-refractivity contribution in [3.63, 3.8) is 0 Å². The van der Waals surface area contributed by atoms with Gasteiger partial charge in [-0.3, -0.25) is 9.69 Å². The lowest BCUT2D eigenvalue weighted by Gasteiger charge is -2.44. The van der Waals surface area contributed by atoms with Crippen molar-refractivity contribution in [1.29, 1.82) is 0 Å². The van der Waals surface area contributed by atoms with Crippen molar-refractivity contribution in [2.24, 2.45) is 0 Å². The molecule has 2 bridgehead atoms. The maximum atomic E-state index is 12.1. The average molecular weight is 251 g/mol. The molecule has 102 valence electrons. The van der Waals surface area contributed by atoms with Gasteiger partial charge in [-0.2, -0.15) is 0 Å². The Morgan fingerprint density at radius 2 is 2.00 bits per heavy atom. The number of hydrogen-bond donors (Lipinski definition) is 2. The summed E-state index contributed by atoms with van der Waals surface area (Å²) in [5.74, 6) is 0.278. The van der Waals surface area contributed by atoms with Crippen molar-refractivity contribution in [1.82, 2.24) is 15.5 Å². The standard InChI is InChI=1S/C14H25N3O/c1-2-15-10-8-11-5-6-12(9-10)17(11)13-4-3-7-16-14(13)18/h10-13,15H,2-9H2,1H3,(H,16,18). The third-order valence-corrected chi connectivity index (χ3v) is 4.90. The van der Waals surface area contributed by atoms with E-state index in [2.05, 4.69) is 22.5 Å². The lowest BCUT2D eigenvalue weighted by Crippen LogP contribution is -2.58. The summed E-state index contributed by atoms with van der Waals surface area (Å²) in [7, 11) is 0. The topological polar surface area (TPSA) is 44.4 Å². The van der Waals surface area contributed by atoms with Crippen LogP contribution in [0, 0.1) is 0 Å². The van der Waals surface area contributed by atoms with Crippen molar-refractivity contribution >= 4 is 5.91 Å². The van der Waals surface area contributed by atoms with Crippen molar-refractivity contribution < 1.29 is 4.79 Å². The van der Waals surface area contributed by atoms with Gasteiger partial charge in [0.25, 0.3) is 0 Å². The van der Waals surface area contributed by atoms with Gasteiger partial charge in [-0.05, 0) is 45.1 Å². The second-order valence-electron chi connectivity index (χ2n) is 6.01. The Labute approximate surface area is 109 Å². The van der Waals surface area contributed by atoms with E-state index in [1.165, 1.54) is 25.7 Å². The summed E-state index contributed by atoms with van der Waals surface area (Å²) >= 11 is 0. The van der Waals surface area contributed by atoms with Gasteiger partial charge in [0.15, 0.2) is 0 Å². The highest BCUT2D eigenvalue weighted by Gasteiger charge is 2.45. The van der Waals surface area contributed by atoms with Crippen LogP contribution in [0.15, 0.2) is 0 Å². The second-order valence-corrected chi connectivity index (χ2v) is 6.01. The molecule has 0 radical (unpaired) electrons. The lowest BCUT2D eigenvalue weighted by atomic mass is 9.93. The van der Waals surface area contributed by atoms with Crippen molar-refractivity contribution in [2.75, 3.05) is 13.1 Å². The summed E-state index contributed by atoms with van der Waals surface area (Å²) in [5.41, 5.74) is 0. The van der Waals surface area contributed by atoms with Crippen molar-refractivity contribution in [2.45, 2.75) is 69.6 Å². The summed E-state index contributed by atoms with van der Waals surface area (Å²) in [6.07, 6.45) is 7.24. The normalized spacial score (nSPS) is 40.8. The van der Waals surface area contributed by atoms with Gasteiger partial charge in [-0.1, -0.05) is 6.92 Å². The SMILES string of the molecule is CCNC1CC2CCC(C1)N2C1CCCNC1=O. The van der Waals surface area contributed by atoms with E-state index in [-0.39, 0.29) is 11.9 Å². The molecule has 3 unspecified atom stereocenters. The molecule has 4 nitrogen and oxygen atoms in total. The van der Waals surface area contributed by atoms with Crippen LogP contribution in [0.4, 0.5) is 0 Å². The number of nitrogens with one attached hydrogen (secondary N) is 2. The molecule has 4 heteroatoms. The van der Waals surface area contributed by atoms with Gasteiger partial charge in [0.1, 0.15) is 0 Å². The molecule has 3 aliphatic heterocycles. The van der Waals surface area contributed by atoms with E-state index in [0.29, 0.717) is 18.1 Å². The van der Waals surface area contributed by atoms with Gasteiger partial charge in [-0.15, -0.1) is 0 Å². The molecule has 0 saturated carbocycles. The zero-order valence-electron chi connectivity index (χ0n) is 11.3. The highest BCUT2D eigenvalue weighted by molar-refractivity contribution is 5.82. The van der Waals surface area contributed by atoms with Crippen LogP contribution < -0.4 is 10.6 Å². The molecule has 3 atom stereocenters. The van der Waals surface area contributed by atoms with E-state index in [4.69, 9.17) is 0 Å². The van der Waals surface area contributed by atoms with Crippen LogP contribution in [0.1, 0.15) is 45.4 Å². The van der Waals surface area contributed by atoms with E-state index in [0.717, 1.165) is 25.9 Å².